The lowest BCUT2D eigenvalue weighted by molar-refractivity contribution is -0.917. The fourth-order valence-corrected chi connectivity index (χ4v) is 3.71. The molecule has 6 nitrogen and oxygen atoms in total. The molecular weight excluding hydrogens is 356 g/mol. The normalized spacial score (nSPS) is 14.6. The fraction of sp³-hybridized carbons (Fsp3) is 0.409. The number of rotatable bonds is 7. The Hall–Kier alpha value is -2.73. The molecule has 150 valence electrons. The summed E-state index contributed by atoms with van der Waals surface area (Å²) in [5.74, 6) is 1.79. The predicted octanol–water partition coefficient (Wildman–Crippen LogP) is 1.18. The lowest BCUT2D eigenvalue weighted by Gasteiger charge is -2.32. The molecule has 1 aliphatic heterocycles. The van der Waals surface area contributed by atoms with Gasteiger partial charge in [0.15, 0.2) is 11.5 Å². The highest BCUT2D eigenvalue weighted by molar-refractivity contribution is 5.80. The summed E-state index contributed by atoms with van der Waals surface area (Å²) in [4.78, 5) is 16.3. The minimum atomic E-state index is 0.115. The summed E-state index contributed by atoms with van der Waals surface area (Å²) < 4.78 is 16.2. The van der Waals surface area contributed by atoms with Gasteiger partial charge in [0.1, 0.15) is 6.54 Å². The number of benzene rings is 2. The summed E-state index contributed by atoms with van der Waals surface area (Å²) in [5.41, 5.74) is 2.15. The summed E-state index contributed by atoms with van der Waals surface area (Å²) in [6.07, 6.45) is 0.289. The van der Waals surface area contributed by atoms with E-state index in [1.54, 1.807) is 21.3 Å². The molecule has 28 heavy (non-hydrogen) atoms. The van der Waals surface area contributed by atoms with Crippen molar-refractivity contribution >= 4 is 5.91 Å². The number of nitrogens with zero attached hydrogens (tertiary/aromatic N) is 1. The first-order valence-electron chi connectivity index (χ1n) is 9.59. The van der Waals surface area contributed by atoms with Crippen LogP contribution in [0.4, 0.5) is 0 Å². The van der Waals surface area contributed by atoms with E-state index < -0.39 is 0 Å². The highest BCUT2D eigenvalue weighted by atomic mass is 16.5. The number of ether oxygens (including phenoxy) is 3. The molecule has 0 unspecified atom stereocenters. The molecule has 1 fully saturated rings. The summed E-state index contributed by atoms with van der Waals surface area (Å²) >= 11 is 0. The number of quaternary nitrogens is 1. The first kappa shape index (κ1) is 20.0. The van der Waals surface area contributed by atoms with Gasteiger partial charge in [-0.3, -0.25) is 4.79 Å². The van der Waals surface area contributed by atoms with Crippen molar-refractivity contribution in [2.75, 3.05) is 47.5 Å². The Morgan fingerprint density at radius 1 is 0.929 bits per heavy atom. The van der Waals surface area contributed by atoms with Gasteiger partial charge in [-0.25, -0.2) is 0 Å². The molecule has 1 amide bonds. The van der Waals surface area contributed by atoms with E-state index in [1.807, 2.05) is 23.1 Å². The van der Waals surface area contributed by atoms with Crippen molar-refractivity contribution in [2.45, 2.75) is 13.0 Å². The average Bonchev–Trinajstić information content (AvgIpc) is 2.74. The zero-order valence-electron chi connectivity index (χ0n) is 16.9. The molecule has 0 bridgehead atoms. The first-order valence-corrected chi connectivity index (χ1v) is 9.59. The molecular formula is C22H29N2O4+. The zero-order chi connectivity index (χ0) is 19.9. The Kier molecular flexibility index (Phi) is 6.76. The van der Waals surface area contributed by atoms with Gasteiger partial charge in [-0.1, -0.05) is 36.4 Å². The number of piperazine rings is 1. The highest BCUT2D eigenvalue weighted by Crippen LogP contribution is 2.40. The zero-order valence-corrected chi connectivity index (χ0v) is 16.9. The number of methoxy groups -OCH3 is 3. The Bertz CT molecular complexity index is 787. The molecule has 1 saturated heterocycles. The van der Waals surface area contributed by atoms with Crippen LogP contribution in [0.25, 0.3) is 0 Å². The standard InChI is InChI=1S/C22H28N2O4/c1-26-19-10-9-18(21(27-2)22(19)28-3)15-20(25)24-13-11-23(12-14-24)16-17-7-5-4-6-8-17/h4-10H,11-16H2,1-3H3/p+1. The minimum Gasteiger partial charge on any atom is -0.493 e. The molecule has 0 spiro atoms. The van der Waals surface area contributed by atoms with Gasteiger partial charge in [0.05, 0.1) is 53.9 Å². The SMILES string of the molecule is COc1ccc(CC(=O)N2CC[NH+](Cc3ccccc3)CC2)c(OC)c1OC. The maximum absolute atomic E-state index is 12.8. The Balaban J connectivity index is 1.60. The van der Waals surface area contributed by atoms with E-state index >= 15 is 0 Å². The molecule has 1 aliphatic rings. The fourth-order valence-electron chi connectivity index (χ4n) is 3.71. The van der Waals surface area contributed by atoms with Crippen LogP contribution in [-0.4, -0.2) is 58.3 Å². The van der Waals surface area contributed by atoms with Gasteiger partial charge >= 0.3 is 0 Å². The third kappa shape index (κ3) is 4.57. The van der Waals surface area contributed by atoms with Gasteiger partial charge in [-0.2, -0.15) is 0 Å². The van der Waals surface area contributed by atoms with Crippen molar-refractivity contribution in [3.05, 3.63) is 53.6 Å². The molecule has 0 aromatic heterocycles. The largest absolute Gasteiger partial charge is 0.493 e. The van der Waals surface area contributed by atoms with E-state index in [2.05, 4.69) is 24.3 Å². The number of carbonyl (C=O) groups excluding carboxylic acids is 1. The maximum Gasteiger partial charge on any atom is 0.227 e. The Morgan fingerprint density at radius 3 is 2.21 bits per heavy atom. The van der Waals surface area contributed by atoms with Crippen LogP contribution in [0.3, 0.4) is 0 Å². The van der Waals surface area contributed by atoms with Crippen molar-refractivity contribution in [1.82, 2.24) is 4.90 Å². The number of hydrogen-bond donors (Lipinski definition) is 1. The van der Waals surface area contributed by atoms with E-state index in [-0.39, 0.29) is 12.3 Å². The van der Waals surface area contributed by atoms with Crippen LogP contribution in [0.15, 0.2) is 42.5 Å². The summed E-state index contributed by atoms with van der Waals surface area (Å²) in [5, 5.41) is 0. The van der Waals surface area contributed by atoms with E-state index in [1.165, 1.54) is 10.5 Å². The van der Waals surface area contributed by atoms with Crippen LogP contribution in [0, 0.1) is 0 Å². The third-order valence-electron chi connectivity index (χ3n) is 5.25. The summed E-state index contributed by atoms with van der Waals surface area (Å²) in [7, 11) is 4.73. The second-order valence-corrected chi connectivity index (χ2v) is 6.96. The molecule has 0 saturated carbocycles. The number of amides is 1. The highest BCUT2D eigenvalue weighted by Gasteiger charge is 2.25. The quantitative estimate of drug-likeness (QED) is 0.778. The number of carbonyl (C=O) groups is 1. The second kappa shape index (κ2) is 9.46. The van der Waals surface area contributed by atoms with E-state index in [4.69, 9.17) is 14.2 Å². The molecule has 6 heteroatoms. The van der Waals surface area contributed by atoms with Crippen molar-refractivity contribution in [3.63, 3.8) is 0 Å². The lowest BCUT2D eigenvalue weighted by atomic mass is 10.1. The van der Waals surface area contributed by atoms with Crippen molar-refractivity contribution in [1.29, 1.82) is 0 Å². The molecule has 0 aliphatic carbocycles. The molecule has 2 aromatic carbocycles. The van der Waals surface area contributed by atoms with E-state index in [0.717, 1.165) is 38.3 Å². The second-order valence-electron chi connectivity index (χ2n) is 6.96. The molecule has 3 rings (SSSR count). The Labute approximate surface area is 166 Å². The van der Waals surface area contributed by atoms with Gasteiger partial charge < -0.3 is 24.0 Å². The van der Waals surface area contributed by atoms with Crippen LogP contribution in [0.5, 0.6) is 17.2 Å². The van der Waals surface area contributed by atoms with Crippen molar-refractivity contribution in [2.24, 2.45) is 0 Å². The lowest BCUT2D eigenvalue weighted by Crippen LogP contribution is -3.13. The van der Waals surface area contributed by atoms with E-state index in [0.29, 0.717) is 17.2 Å². The van der Waals surface area contributed by atoms with Crippen LogP contribution < -0.4 is 19.1 Å². The van der Waals surface area contributed by atoms with Crippen LogP contribution in [0.2, 0.25) is 0 Å². The molecule has 0 radical (unpaired) electrons. The first-order chi connectivity index (χ1) is 13.7. The monoisotopic (exact) mass is 385 g/mol. The number of nitrogens with one attached hydrogen (secondary N) is 1. The van der Waals surface area contributed by atoms with Crippen molar-refractivity contribution < 1.29 is 23.9 Å². The summed E-state index contributed by atoms with van der Waals surface area (Å²) in [6, 6.07) is 14.2. The third-order valence-corrected chi connectivity index (χ3v) is 5.25. The smallest absolute Gasteiger partial charge is 0.227 e. The van der Waals surface area contributed by atoms with Gasteiger partial charge in [0.25, 0.3) is 0 Å². The molecule has 1 heterocycles. The van der Waals surface area contributed by atoms with Crippen LogP contribution in [0.1, 0.15) is 11.1 Å². The minimum absolute atomic E-state index is 0.115. The molecule has 2 aromatic rings. The van der Waals surface area contributed by atoms with E-state index in [9.17, 15) is 4.79 Å². The summed E-state index contributed by atoms with van der Waals surface area (Å²) in [6.45, 7) is 4.48. The van der Waals surface area contributed by atoms with Gasteiger partial charge in [-0.05, 0) is 6.07 Å². The van der Waals surface area contributed by atoms with Crippen LogP contribution in [-0.2, 0) is 17.8 Å². The van der Waals surface area contributed by atoms with Gasteiger partial charge in [0, 0.05) is 11.1 Å². The Morgan fingerprint density at radius 2 is 1.61 bits per heavy atom. The number of hydrogen-bond acceptors (Lipinski definition) is 4. The van der Waals surface area contributed by atoms with Crippen LogP contribution >= 0.6 is 0 Å². The topological polar surface area (TPSA) is 52.4 Å². The maximum atomic E-state index is 12.8. The molecule has 0 atom stereocenters. The average molecular weight is 385 g/mol. The molecule has 1 N–H and O–H groups in total. The van der Waals surface area contributed by atoms with Gasteiger partial charge in [0.2, 0.25) is 11.7 Å². The predicted molar refractivity (Wildman–Crippen MR) is 107 cm³/mol. The van der Waals surface area contributed by atoms with Crippen molar-refractivity contribution in [3.8, 4) is 17.2 Å². The van der Waals surface area contributed by atoms with Gasteiger partial charge in [-0.15, -0.1) is 0 Å².